The van der Waals surface area contributed by atoms with Gasteiger partial charge in [-0.25, -0.2) is 0 Å². The van der Waals surface area contributed by atoms with Gasteiger partial charge in [-0.1, -0.05) is 31.2 Å². The van der Waals surface area contributed by atoms with Gasteiger partial charge in [0.15, 0.2) is 0 Å². The Morgan fingerprint density at radius 2 is 2.11 bits per heavy atom. The van der Waals surface area contributed by atoms with Crippen LogP contribution < -0.4 is 5.32 Å². The summed E-state index contributed by atoms with van der Waals surface area (Å²) in [5.74, 6) is 0. The van der Waals surface area contributed by atoms with Crippen molar-refractivity contribution in [3.05, 3.63) is 35.4 Å². The Bertz CT molecular complexity index is 398. The highest BCUT2D eigenvalue weighted by Crippen LogP contribution is 2.36. The monoisotopic (exact) mass is 245 g/mol. The van der Waals surface area contributed by atoms with Gasteiger partial charge in [0.2, 0.25) is 0 Å². The molecular formula is C16H23NO. The molecule has 98 valence electrons. The first-order chi connectivity index (χ1) is 8.86. The fourth-order valence-corrected chi connectivity index (χ4v) is 3.22. The number of aryl methyl sites for hydroxylation is 1. The summed E-state index contributed by atoms with van der Waals surface area (Å²) in [6.45, 7) is 3.25. The van der Waals surface area contributed by atoms with Crippen LogP contribution in [0, 0.1) is 0 Å². The topological polar surface area (TPSA) is 21.3 Å². The van der Waals surface area contributed by atoms with Gasteiger partial charge >= 0.3 is 0 Å². The van der Waals surface area contributed by atoms with Crippen LogP contribution in [0.1, 0.15) is 49.8 Å². The third-order valence-electron chi connectivity index (χ3n) is 4.26. The molecule has 1 atom stereocenters. The van der Waals surface area contributed by atoms with E-state index in [-0.39, 0.29) is 0 Å². The lowest BCUT2D eigenvalue weighted by atomic mass is 9.86. The lowest BCUT2D eigenvalue weighted by molar-refractivity contribution is -0.0719. The molecule has 1 aromatic rings. The molecule has 0 bridgehead atoms. The van der Waals surface area contributed by atoms with Gasteiger partial charge in [-0.05, 0) is 49.8 Å². The molecule has 2 aliphatic rings. The number of fused-ring (bicyclic) bond motifs is 1. The molecule has 2 heteroatoms. The average molecular weight is 245 g/mol. The predicted octanol–water partition coefficient (Wildman–Crippen LogP) is 3.22. The molecule has 0 aliphatic heterocycles. The average Bonchev–Trinajstić information content (AvgIpc) is 2.37. The summed E-state index contributed by atoms with van der Waals surface area (Å²) in [6, 6.07) is 9.49. The zero-order valence-electron chi connectivity index (χ0n) is 11.2. The molecule has 0 aromatic heterocycles. The second-order valence-corrected chi connectivity index (χ2v) is 5.56. The molecular weight excluding hydrogens is 222 g/mol. The van der Waals surface area contributed by atoms with Gasteiger partial charge in [-0.15, -0.1) is 0 Å². The molecule has 2 nitrogen and oxygen atoms in total. The minimum absolute atomic E-state index is 0.350. The Kier molecular flexibility index (Phi) is 3.67. The van der Waals surface area contributed by atoms with E-state index in [0.29, 0.717) is 18.2 Å². The van der Waals surface area contributed by atoms with Crippen LogP contribution >= 0.6 is 0 Å². The zero-order chi connectivity index (χ0) is 12.4. The normalized spacial score (nSPS) is 30.6. The summed E-state index contributed by atoms with van der Waals surface area (Å²) in [6.07, 6.45) is 6.89. The van der Waals surface area contributed by atoms with Gasteiger partial charge in [0.05, 0.1) is 12.2 Å². The highest BCUT2D eigenvalue weighted by molar-refractivity contribution is 5.31. The lowest BCUT2D eigenvalue weighted by Gasteiger charge is -2.39. The van der Waals surface area contributed by atoms with Crippen molar-refractivity contribution < 1.29 is 4.74 Å². The number of benzene rings is 1. The molecule has 0 saturated heterocycles. The van der Waals surface area contributed by atoms with Crippen LogP contribution in [0.4, 0.5) is 0 Å². The fourth-order valence-electron chi connectivity index (χ4n) is 3.22. The van der Waals surface area contributed by atoms with E-state index in [1.165, 1.54) is 43.2 Å². The van der Waals surface area contributed by atoms with Crippen molar-refractivity contribution in [2.24, 2.45) is 0 Å². The standard InChI is InChI=1S/C16H23NO/c1-2-17-13-10-14(11-13)18-16-9-5-7-12-6-3-4-8-15(12)16/h3-4,6,8,13-14,16-17H,2,5,7,9-11H2,1H3. The lowest BCUT2D eigenvalue weighted by Crippen LogP contribution is -2.45. The van der Waals surface area contributed by atoms with Crippen LogP contribution in [0.5, 0.6) is 0 Å². The van der Waals surface area contributed by atoms with Crippen molar-refractivity contribution >= 4 is 0 Å². The highest BCUT2D eigenvalue weighted by atomic mass is 16.5. The summed E-state index contributed by atoms with van der Waals surface area (Å²) in [5.41, 5.74) is 2.94. The van der Waals surface area contributed by atoms with Gasteiger partial charge in [0, 0.05) is 6.04 Å². The summed E-state index contributed by atoms with van der Waals surface area (Å²) in [5, 5.41) is 3.49. The van der Waals surface area contributed by atoms with Crippen LogP contribution in [-0.4, -0.2) is 18.7 Å². The Hall–Kier alpha value is -0.860. The van der Waals surface area contributed by atoms with Crippen molar-refractivity contribution in [3.63, 3.8) is 0 Å². The number of nitrogens with one attached hydrogen (secondary N) is 1. The second-order valence-electron chi connectivity index (χ2n) is 5.56. The molecule has 1 unspecified atom stereocenters. The van der Waals surface area contributed by atoms with E-state index in [2.05, 4.69) is 36.5 Å². The van der Waals surface area contributed by atoms with Crippen molar-refractivity contribution in [3.8, 4) is 0 Å². The summed E-state index contributed by atoms with van der Waals surface area (Å²) < 4.78 is 6.29. The molecule has 18 heavy (non-hydrogen) atoms. The summed E-state index contributed by atoms with van der Waals surface area (Å²) >= 11 is 0. The van der Waals surface area contributed by atoms with Crippen LogP contribution in [-0.2, 0) is 11.2 Å². The van der Waals surface area contributed by atoms with Crippen LogP contribution in [0.15, 0.2) is 24.3 Å². The van der Waals surface area contributed by atoms with Crippen LogP contribution in [0.3, 0.4) is 0 Å². The molecule has 1 saturated carbocycles. The van der Waals surface area contributed by atoms with E-state index in [9.17, 15) is 0 Å². The van der Waals surface area contributed by atoms with Gasteiger partial charge in [0.25, 0.3) is 0 Å². The van der Waals surface area contributed by atoms with Gasteiger partial charge < -0.3 is 10.1 Å². The third kappa shape index (κ3) is 2.45. The van der Waals surface area contributed by atoms with Crippen molar-refractivity contribution in [2.45, 2.75) is 57.3 Å². The maximum Gasteiger partial charge on any atom is 0.0831 e. The predicted molar refractivity (Wildman–Crippen MR) is 73.7 cm³/mol. The number of hydrogen-bond acceptors (Lipinski definition) is 2. The molecule has 0 radical (unpaired) electrons. The summed E-state index contributed by atoms with van der Waals surface area (Å²) in [4.78, 5) is 0. The molecule has 0 spiro atoms. The highest BCUT2D eigenvalue weighted by Gasteiger charge is 2.32. The molecule has 3 rings (SSSR count). The largest absolute Gasteiger partial charge is 0.370 e. The Morgan fingerprint density at radius 3 is 2.94 bits per heavy atom. The zero-order valence-corrected chi connectivity index (χ0v) is 11.2. The van der Waals surface area contributed by atoms with Crippen molar-refractivity contribution in [1.29, 1.82) is 0 Å². The molecule has 1 N–H and O–H groups in total. The number of rotatable bonds is 4. The first-order valence-corrected chi connectivity index (χ1v) is 7.33. The minimum Gasteiger partial charge on any atom is -0.370 e. The van der Waals surface area contributed by atoms with Crippen molar-refractivity contribution in [1.82, 2.24) is 5.32 Å². The third-order valence-corrected chi connectivity index (χ3v) is 4.26. The van der Waals surface area contributed by atoms with E-state index in [1.807, 2.05) is 0 Å². The van der Waals surface area contributed by atoms with E-state index in [4.69, 9.17) is 4.74 Å². The molecule has 2 aliphatic carbocycles. The van der Waals surface area contributed by atoms with Gasteiger partial charge in [-0.2, -0.15) is 0 Å². The maximum atomic E-state index is 6.29. The van der Waals surface area contributed by atoms with E-state index >= 15 is 0 Å². The van der Waals surface area contributed by atoms with Gasteiger partial charge in [0.1, 0.15) is 0 Å². The van der Waals surface area contributed by atoms with E-state index in [1.54, 1.807) is 0 Å². The Labute approximate surface area is 110 Å². The SMILES string of the molecule is CCNC1CC(OC2CCCc3ccccc32)C1. The molecule has 0 heterocycles. The van der Waals surface area contributed by atoms with Gasteiger partial charge in [-0.3, -0.25) is 0 Å². The quantitative estimate of drug-likeness (QED) is 0.879. The first-order valence-electron chi connectivity index (χ1n) is 7.33. The minimum atomic E-state index is 0.350. The maximum absolute atomic E-state index is 6.29. The summed E-state index contributed by atoms with van der Waals surface area (Å²) in [7, 11) is 0. The molecule has 1 aromatic carbocycles. The Morgan fingerprint density at radius 1 is 1.28 bits per heavy atom. The number of ether oxygens (including phenoxy) is 1. The molecule has 0 amide bonds. The van der Waals surface area contributed by atoms with E-state index < -0.39 is 0 Å². The molecule has 1 fully saturated rings. The van der Waals surface area contributed by atoms with Crippen molar-refractivity contribution in [2.75, 3.05) is 6.54 Å². The van der Waals surface area contributed by atoms with Crippen LogP contribution in [0.25, 0.3) is 0 Å². The first kappa shape index (κ1) is 12.2. The van der Waals surface area contributed by atoms with Crippen LogP contribution in [0.2, 0.25) is 0 Å². The number of hydrogen-bond donors (Lipinski definition) is 1. The fraction of sp³-hybridized carbons (Fsp3) is 0.625. The van der Waals surface area contributed by atoms with E-state index in [0.717, 1.165) is 6.54 Å². The Balaban J connectivity index is 1.59. The second kappa shape index (κ2) is 5.41. The smallest absolute Gasteiger partial charge is 0.0831 e.